The van der Waals surface area contributed by atoms with Gasteiger partial charge in [0.05, 0.1) is 0 Å². The third kappa shape index (κ3) is 17.5. The number of nitrogens with zero attached hydrogens (tertiary/aromatic N) is 1. The van der Waals surface area contributed by atoms with E-state index in [0.717, 1.165) is 52.5 Å². The Morgan fingerprint density at radius 1 is 0.488 bits per heavy atom. The van der Waals surface area contributed by atoms with Crippen LogP contribution in [0.2, 0.25) is 5.02 Å². The van der Waals surface area contributed by atoms with E-state index < -0.39 is 0 Å². The van der Waals surface area contributed by atoms with Crippen LogP contribution in [0.4, 0.5) is 0 Å². The summed E-state index contributed by atoms with van der Waals surface area (Å²) in [7, 11) is 0. The van der Waals surface area contributed by atoms with Crippen molar-refractivity contribution < 1.29 is 33.6 Å². The van der Waals surface area contributed by atoms with Crippen molar-refractivity contribution in [2.24, 2.45) is 5.41 Å². The van der Waals surface area contributed by atoms with Gasteiger partial charge >= 0.3 is 0 Å². The minimum Gasteiger partial charge on any atom is -0.332 e. The molecule has 0 radical (unpaired) electrons. The molecular weight excluding hydrogens is 1040 g/mol. The van der Waals surface area contributed by atoms with Gasteiger partial charge in [0.15, 0.2) is 28.9 Å². The zero-order valence-corrected chi connectivity index (χ0v) is 47.6. The molecule has 3 aliphatic rings. The van der Waals surface area contributed by atoms with Gasteiger partial charge in [0.1, 0.15) is 5.78 Å². The van der Waals surface area contributed by atoms with Crippen LogP contribution in [0.25, 0.3) is 10.8 Å². The van der Waals surface area contributed by atoms with Gasteiger partial charge in [0, 0.05) is 87.1 Å². The summed E-state index contributed by atoms with van der Waals surface area (Å²) in [4.78, 5) is 83.4. The number of rotatable bonds is 9. The third-order valence-corrected chi connectivity index (χ3v) is 14.3. The van der Waals surface area contributed by atoms with E-state index in [1.54, 1.807) is 43.3 Å². The van der Waals surface area contributed by atoms with Crippen LogP contribution in [0.3, 0.4) is 0 Å². The lowest BCUT2D eigenvalue weighted by molar-refractivity contribution is -0.122. The summed E-state index contributed by atoms with van der Waals surface area (Å²) in [6.45, 7) is 7.36. The topological polar surface area (TPSA) is 123 Å². The Labute approximate surface area is 486 Å². The number of carbonyl (C=O) groups excluding carboxylic acids is 7. The van der Waals surface area contributed by atoms with Crippen molar-refractivity contribution in [1.82, 2.24) is 4.90 Å². The number of Topliss-reactive ketones (excluding diaryl/α,β-unsaturated/α-hetero) is 5. The van der Waals surface area contributed by atoms with Crippen LogP contribution < -0.4 is 0 Å². The first-order valence-corrected chi connectivity index (χ1v) is 28.0. The van der Waals surface area contributed by atoms with Crippen molar-refractivity contribution in [2.75, 3.05) is 0 Å². The molecule has 0 spiro atoms. The zero-order valence-electron chi connectivity index (χ0n) is 46.9. The van der Waals surface area contributed by atoms with E-state index in [1.165, 1.54) is 16.5 Å². The van der Waals surface area contributed by atoms with Crippen LogP contribution in [0.5, 0.6) is 0 Å². The smallest absolute Gasteiger partial charge is 0.254 e. The van der Waals surface area contributed by atoms with E-state index >= 15 is 0 Å². The van der Waals surface area contributed by atoms with Crippen molar-refractivity contribution in [2.45, 2.75) is 84.7 Å². The number of amides is 1. The van der Waals surface area contributed by atoms with Crippen molar-refractivity contribution >= 4 is 63.0 Å². The highest BCUT2D eigenvalue weighted by Crippen LogP contribution is 2.35. The van der Waals surface area contributed by atoms with Gasteiger partial charge in [0.25, 0.3) is 5.91 Å². The maximum Gasteiger partial charge on any atom is 0.254 e. The van der Waals surface area contributed by atoms with E-state index in [9.17, 15) is 33.6 Å². The fraction of sp³-hybridized carbons (Fsp3) is 0.192. The van der Waals surface area contributed by atoms with Gasteiger partial charge in [-0.05, 0) is 84.5 Å². The highest BCUT2D eigenvalue weighted by atomic mass is 35.5. The molecule has 9 aromatic rings. The fourth-order valence-corrected chi connectivity index (χ4v) is 9.95. The number of ketones is 6. The van der Waals surface area contributed by atoms with Gasteiger partial charge < -0.3 is 4.90 Å². The zero-order chi connectivity index (χ0) is 58.4. The van der Waals surface area contributed by atoms with Crippen LogP contribution in [0.1, 0.15) is 139 Å². The number of piperidine rings is 1. The lowest BCUT2D eigenvalue weighted by Crippen LogP contribution is -2.46. The highest BCUT2D eigenvalue weighted by molar-refractivity contribution is 6.30. The second kappa shape index (κ2) is 30.0. The first kappa shape index (κ1) is 60.7. The predicted octanol–water partition coefficient (Wildman–Crippen LogP) is 16.5. The Kier molecular flexibility index (Phi) is 22.2. The highest BCUT2D eigenvalue weighted by Gasteiger charge is 2.42. The maximum absolute atomic E-state index is 12.4. The number of aryl methyl sites for hydroxylation is 1. The number of benzene rings is 9. The summed E-state index contributed by atoms with van der Waals surface area (Å²) < 4.78 is 0. The maximum atomic E-state index is 12.4. The number of hydrogen-bond donors (Lipinski definition) is 0. The quantitative estimate of drug-likeness (QED) is 0.132. The summed E-state index contributed by atoms with van der Waals surface area (Å²) in [5.74, 6) is 1.21. The second-order valence-electron chi connectivity index (χ2n) is 21.2. The lowest BCUT2D eigenvalue weighted by atomic mass is 9.87. The monoisotopic (exact) mass is 1110 g/mol. The number of fused-ring (bicyclic) bond motifs is 2. The molecule has 9 heteroatoms. The van der Waals surface area contributed by atoms with Crippen LogP contribution >= 0.6 is 11.6 Å². The van der Waals surface area contributed by atoms with Gasteiger partial charge in [-0.1, -0.05) is 239 Å². The molecule has 2 saturated heterocycles. The van der Waals surface area contributed by atoms with E-state index in [1.807, 2.05) is 208 Å². The van der Waals surface area contributed by atoms with E-state index in [4.69, 9.17) is 11.6 Å². The Morgan fingerprint density at radius 3 is 1.41 bits per heavy atom. The lowest BCUT2D eigenvalue weighted by Gasteiger charge is -2.34. The van der Waals surface area contributed by atoms with Crippen LogP contribution in [0, 0.1) is 5.41 Å². The molecule has 1 aliphatic carbocycles. The van der Waals surface area contributed by atoms with Gasteiger partial charge in [-0.2, -0.15) is 0 Å². The summed E-state index contributed by atoms with van der Waals surface area (Å²) in [6.07, 6.45) is 5.04. The van der Waals surface area contributed by atoms with E-state index in [2.05, 4.69) is 24.3 Å². The molecule has 0 N–H and O–H groups in total. The Balaban J connectivity index is 0.000000143. The fourth-order valence-electron chi connectivity index (χ4n) is 9.82. The minimum absolute atomic E-state index is 0.0206. The Morgan fingerprint density at radius 2 is 0.927 bits per heavy atom. The van der Waals surface area contributed by atoms with E-state index in [-0.39, 0.29) is 52.3 Å². The molecule has 2 fully saturated rings. The van der Waals surface area contributed by atoms with Gasteiger partial charge in [-0.25, -0.2) is 0 Å². The molecule has 0 aromatic heterocycles. The molecule has 2 atom stereocenters. The summed E-state index contributed by atoms with van der Waals surface area (Å²) in [6, 6.07) is 76.0. The van der Waals surface area contributed by atoms with Crippen molar-refractivity contribution in [3.63, 3.8) is 0 Å². The van der Waals surface area contributed by atoms with E-state index in [0.29, 0.717) is 47.6 Å². The normalized spacial score (nSPS) is 14.3. The molecule has 12 rings (SSSR count). The third-order valence-electron chi connectivity index (χ3n) is 14.1. The number of hydrogen-bond acceptors (Lipinski definition) is 7. The number of halogens is 1. The van der Waals surface area contributed by atoms with Crippen molar-refractivity contribution in [3.8, 4) is 0 Å². The molecular formula is C73H68ClNO7. The SMILES string of the molecule is CC(=O)c1ccccc1.CC(C)(C)C(=O)c1ccccc1.O=C(CCc1ccccc1)c1ccccc1.O=C(c1ccccc1)c1ccc(Cl)cc1.O=C1CC2CCC(C1)N2C(=O)c1ccccc1.O=C1Cc2cccc3cccc1c23. The molecule has 1 amide bonds. The molecule has 2 unspecified atom stereocenters. The molecule has 2 aliphatic heterocycles. The Hall–Kier alpha value is -8.98. The van der Waals surface area contributed by atoms with Crippen molar-refractivity contribution in [1.29, 1.82) is 0 Å². The Bertz CT molecular complexity index is 3540. The van der Waals surface area contributed by atoms with Gasteiger partial charge in [-0.15, -0.1) is 0 Å². The predicted molar refractivity (Wildman–Crippen MR) is 329 cm³/mol. The summed E-state index contributed by atoms with van der Waals surface area (Å²) in [5.41, 5.74) is 7.48. The van der Waals surface area contributed by atoms with Gasteiger partial charge in [-0.3, -0.25) is 33.6 Å². The molecule has 2 heterocycles. The van der Waals surface area contributed by atoms with Crippen LogP contribution in [0.15, 0.2) is 243 Å². The standard InChI is InChI=1S/C15H14O.C14H15NO2.C13H9ClO.C12H8O.C11H14O.C8H8O/c16-15(14-9-5-2-6-10-14)12-11-13-7-3-1-4-8-13;16-13-8-11-6-7-12(9-13)15(11)14(17)10-4-2-1-3-5-10;14-12-8-6-11(7-9-12)13(15)10-4-2-1-3-5-10;13-11-7-9-5-1-3-8-4-2-6-10(11)12(8)9;1-11(2,3)10(12)9-7-5-4-6-8-9;1-7(9)8-5-3-2-4-6-8/h1-10H,11-12H2;1-5,11-12H,6-9H2;1-9H;1-6H,7H2;4-8H,1-3H3;2-6H,1H3. The second-order valence-corrected chi connectivity index (χ2v) is 21.6. The molecule has 8 nitrogen and oxygen atoms in total. The summed E-state index contributed by atoms with van der Waals surface area (Å²) in [5, 5.41) is 2.98. The average molecular weight is 1110 g/mol. The molecule has 0 saturated carbocycles. The summed E-state index contributed by atoms with van der Waals surface area (Å²) >= 11 is 5.75. The molecule has 414 valence electrons. The minimum atomic E-state index is -0.276. The average Bonchev–Trinajstić information content (AvgIpc) is 4.18. The first-order valence-electron chi connectivity index (χ1n) is 27.6. The largest absolute Gasteiger partial charge is 0.332 e. The molecule has 9 aromatic carbocycles. The van der Waals surface area contributed by atoms with Crippen LogP contribution in [-0.4, -0.2) is 57.6 Å². The van der Waals surface area contributed by atoms with Gasteiger partial charge in [0.2, 0.25) is 0 Å². The van der Waals surface area contributed by atoms with Crippen molar-refractivity contribution in [3.05, 3.63) is 298 Å². The van der Waals surface area contributed by atoms with Crippen LogP contribution in [-0.2, 0) is 17.6 Å². The molecule has 2 bridgehead atoms. The first-order chi connectivity index (χ1) is 39.6. The number of carbonyl (C=O) groups is 7. The molecule has 82 heavy (non-hydrogen) atoms.